The number of hydrogen-bond acceptors (Lipinski definition) is 5. The number of alkyl halides is 3. The van der Waals surface area contributed by atoms with E-state index in [4.69, 9.17) is 11.6 Å². The van der Waals surface area contributed by atoms with Crippen molar-refractivity contribution in [1.29, 1.82) is 0 Å². The molecule has 0 atom stereocenters. The van der Waals surface area contributed by atoms with Gasteiger partial charge in [0.2, 0.25) is 11.8 Å². The summed E-state index contributed by atoms with van der Waals surface area (Å²) in [6, 6.07) is 5.80. The Morgan fingerprint density at radius 1 is 1.16 bits per heavy atom. The normalized spacial score (nSPS) is 12.0. The van der Waals surface area contributed by atoms with Crippen LogP contribution in [-0.2, 0) is 32.2 Å². The second kappa shape index (κ2) is 8.19. The lowest BCUT2D eigenvalue weighted by Crippen LogP contribution is -2.28. The van der Waals surface area contributed by atoms with E-state index in [1.807, 2.05) is 4.72 Å². The van der Waals surface area contributed by atoms with Gasteiger partial charge >= 0.3 is 6.18 Å². The zero-order chi connectivity index (χ0) is 23.0. The Bertz CT molecular complexity index is 1270. The Labute approximate surface area is 179 Å². The van der Waals surface area contributed by atoms with E-state index >= 15 is 0 Å². The van der Waals surface area contributed by atoms with Gasteiger partial charge in [0.05, 0.1) is 27.6 Å². The van der Waals surface area contributed by atoms with Crippen molar-refractivity contribution in [3.8, 4) is 0 Å². The number of amides is 2. The van der Waals surface area contributed by atoms with Crippen LogP contribution in [0.4, 0.5) is 18.9 Å². The van der Waals surface area contributed by atoms with Crippen molar-refractivity contribution in [3.63, 3.8) is 0 Å². The van der Waals surface area contributed by atoms with E-state index in [-0.39, 0.29) is 33.4 Å². The van der Waals surface area contributed by atoms with Gasteiger partial charge in [0.15, 0.2) is 5.65 Å². The number of nitrogens with zero attached hydrogens (tertiary/aromatic N) is 2. The highest BCUT2D eigenvalue weighted by atomic mass is 35.5. The third-order valence-corrected chi connectivity index (χ3v) is 5.68. The highest BCUT2D eigenvalue weighted by molar-refractivity contribution is 7.90. The summed E-state index contributed by atoms with van der Waals surface area (Å²) in [7, 11) is -4.00. The molecule has 0 unspecified atom stereocenters. The number of nitrogens with one attached hydrogen (secondary N) is 2. The lowest BCUT2D eigenvalue weighted by Gasteiger charge is -2.07. The monoisotopic (exact) mass is 474 g/mol. The largest absolute Gasteiger partial charge is 0.417 e. The molecule has 0 radical (unpaired) electrons. The number of halogens is 4. The number of rotatable bonds is 5. The Morgan fingerprint density at radius 3 is 2.39 bits per heavy atom. The lowest BCUT2D eigenvalue weighted by molar-refractivity contribution is -0.137. The first-order chi connectivity index (χ1) is 14.3. The number of imidazole rings is 1. The van der Waals surface area contributed by atoms with Crippen LogP contribution in [0.3, 0.4) is 0 Å². The summed E-state index contributed by atoms with van der Waals surface area (Å²) in [5.74, 6) is -1.28. The molecule has 0 saturated carbocycles. The van der Waals surface area contributed by atoms with Crippen LogP contribution < -0.4 is 10.0 Å². The van der Waals surface area contributed by atoms with E-state index in [2.05, 4.69) is 10.3 Å². The summed E-state index contributed by atoms with van der Waals surface area (Å²) in [5.41, 5.74) is -0.422. The first-order valence-corrected chi connectivity index (χ1v) is 10.4. The molecule has 0 bridgehead atoms. The maximum absolute atomic E-state index is 12.9. The zero-order valence-corrected chi connectivity index (χ0v) is 17.3. The number of pyridine rings is 1. The molecule has 2 heterocycles. The Morgan fingerprint density at radius 2 is 1.81 bits per heavy atom. The molecule has 8 nitrogen and oxygen atoms in total. The van der Waals surface area contributed by atoms with Crippen LogP contribution in [0.5, 0.6) is 0 Å². The molecule has 3 rings (SSSR count). The maximum atomic E-state index is 12.9. The average molecular weight is 475 g/mol. The van der Waals surface area contributed by atoms with E-state index < -0.39 is 33.6 Å². The second-order valence-electron chi connectivity index (χ2n) is 6.45. The lowest BCUT2D eigenvalue weighted by atomic mass is 10.3. The third-order valence-electron chi connectivity index (χ3n) is 3.95. The quantitative estimate of drug-likeness (QED) is 0.590. The fourth-order valence-corrected chi connectivity index (χ4v) is 3.93. The van der Waals surface area contributed by atoms with Crippen molar-refractivity contribution in [1.82, 2.24) is 14.1 Å². The minimum atomic E-state index is -4.58. The van der Waals surface area contributed by atoms with E-state index in [1.165, 1.54) is 30.5 Å². The predicted octanol–water partition coefficient (Wildman–Crippen LogP) is 3.01. The summed E-state index contributed by atoms with van der Waals surface area (Å²) in [6.45, 7) is 1.06. The summed E-state index contributed by atoms with van der Waals surface area (Å²) in [4.78, 5) is 27.1. The summed E-state index contributed by atoms with van der Waals surface area (Å²) in [6.07, 6.45) is -2.76. The van der Waals surface area contributed by atoms with Crippen molar-refractivity contribution >= 4 is 44.8 Å². The van der Waals surface area contributed by atoms with Gasteiger partial charge < -0.3 is 9.72 Å². The molecule has 0 saturated heterocycles. The molecule has 1 aromatic carbocycles. The van der Waals surface area contributed by atoms with E-state index in [1.54, 1.807) is 0 Å². The van der Waals surface area contributed by atoms with Crippen LogP contribution in [0.25, 0.3) is 5.65 Å². The fraction of sp³-hybridized carbons (Fsp3) is 0.167. The highest BCUT2D eigenvalue weighted by Crippen LogP contribution is 2.32. The van der Waals surface area contributed by atoms with Gasteiger partial charge in [0.1, 0.15) is 0 Å². The summed E-state index contributed by atoms with van der Waals surface area (Å²) in [5, 5.41) is 2.31. The molecular formula is C18H14ClF3N4O4S. The van der Waals surface area contributed by atoms with Crippen LogP contribution in [0.2, 0.25) is 5.02 Å². The van der Waals surface area contributed by atoms with Crippen LogP contribution in [0, 0.1) is 0 Å². The van der Waals surface area contributed by atoms with Crippen LogP contribution in [-0.4, -0.2) is 29.6 Å². The smallest absolute Gasteiger partial charge is 0.326 e. The molecule has 0 aliphatic heterocycles. The minimum Gasteiger partial charge on any atom is -0.326 e. The molecule has 31 heavy (non-hydrogen) atoms. The first kappa shape index (κ1) is 22.6. The number of anilines is 1. The molecule has 2 aromatic heterocycles. The van der Waals surface area contributed by atoms with Crippen LogP contribution in [0.15, 0.2) is 47.6 Å². The number of carbonyl (C=O) groups is 2. The topological polar surface area (TPSA) is 110 Å². The molecule has 3 aromatic rings. The Kier molecular flexibility index (Phi) is 5.96. The summed E-state index contributed by atoms with van der Waals surface area (Å²) < 4.78 is 65.4. The number of sulfonamides is 1. The Hall–Kier alpha value is -3.12. The van der Waals surface area contributed by atoms with Crippen molar-refractivity contribution in [2.24, 2.45) is 0 Å². The van der Waals surface area contributed by atoms with Gasteiger partial charge in [-0.25, -0.2) is 18.1 Å². The van der Waals surface area contributed by atoms with E-state index in [0.29, 0.717) is 0 Å². The molecule has 2 amide bonds. The minimum absolute atomic E-state index is 0.0741. The molecule has 0 aliphatic carbocycles. The average Bonchev–Trinajstić information content (AvgIpc) is 3.03. The van der Waals surface area contributed by atoms with Crippen molar-refractivity contribution in [2.45, 2.75) is 24.4 Å². The summed E-state index contributed by atoms with van der Waals surface area (Å²) >= 11 is 5.87. The van der Waals surface area contributed by atoms with Gasteiger partial charge in [-0.05, 0) is 30.3 Å². The zero-order valence-electron chi connectivity index (χ0n) is 15.7. The second-order valence-corrected chi connectivity index (χ2v) is 8.54. The van der Waals surface area contributed by atoms with E-state index in [0.717, 1.165) is 23.6 Å². The van der Waals surface area contributed by atoms with Crippen LogP contribution in [0.1, 0.15) is 18.2 Å². The number of benzene rings is 1. The highest BCUT2D eigenvalue weighted by Gasteiger charge is 2.32. The third kappa shape index (κ3) is 5.33. The van der Waals surface area contributed by atoms with Crippen molar-refractivity contribution in [3.05, 3.63) is 59.0 Å². The maximum Gasteiger partial charge on any atom is 0.417 e. The molecule has 2 N–H and O–H groups in total. The molecule has 164 valence electrons. The number of carbonyl (C=O) groups excluding carboxylic acids is 2. The van der Waals surface area contributed by atoms with Gasteiger partial charge in [0, 0.05) is 25.0 Å². The molecule has 0 aliphatic rings. The number of aromatic nitrogens is 2. The van der Waals surface area contributed by atoms with Gasteiger partial charge in [-0.2, -0.15) is 13.2 Å². The fourth-order valence-electron chi connectivity index (χ4n) is 2.68. The van der Waals surface area contributed by atoms with Gasteiger partial charge in [-0.3, -0.25) is 9.59 Å². The molecular weight excluding hydrogens is 461 g/mol. The van der Waals surface area contributed by atoms with Crippen molar-refractivity contribution < 1.29 is 31.2 Å². The SMILES string of the molecule is CC(=O)NS(=O)(=O)c1ccc(NC(=O)Cc2cn3cc(C(F)(F)F)cc(Cl)c3n2)cc1. The number of hydrogen-bond donors (Lipinski definition) is 2. The predicted molar refractivity (Wildman–Crippen MR) is 105 cm³/mol. The first-order valence-electron chi connectivity index (χ1n) is 8.53. The van der Waals surface area contributed by atoms with Crippen LogP contribution >= 0.6 is 11.6 Å². The Balaban J connectivity index is 1.73. The van der Waals surface area contributed by atoms with Crippen molar-refractivity contribution in [2.75, 3.05) is 5.32 Å². The number of fused-ring (bicyclic) bond motifs is 1. The van der Waals surface area contributed by atoms with Gasteiger partial charge in [-0.15, -0.1) is 0 Å². The standard InChI is InChI=1S/C18H14ClF3N4O4S/c1-10(27)25-31(29,30)14-4-2-12(3-5-14)23-16(28)7-13-9-26-8-11(18(20,21)22)6-15(19)17(26)24-13/h2-6,8-9H,7H2,1H3,(H,23,28)(H,25,27). The molecule has 13 heteroatoms. The molecule has 0 spiro atoms. The van der Waals surface area contributed by atoms with Gasteiger partial charge in [0.25, 0.3) is 10.0 Å². The van der Waals surface area contributed by atoms with E-state index in [9.17, 15) is 31.2 Å². The van der Waals surface area contributed by atoms with Gasteiger partial charge in [-0.1, -0.05) is 11.6 Å². The molecule has 0 fully saturated rings.